The van der Waals surface area contributed by atoms with Crippen molar-refractivity contribution in [3.63, 3.8) is 0 Å². The third-order valence-corrected chi connectivity index (χ3v) is 4.75. The van der Waals surface area contributed by atoms with Gasteiger partial charge >= 0.3 is 0 Å². The molecule has 1 N–H and O–H groups in total. The molecule has 2 aromatic carbocycles. The molecule has 128 valence electrons. The third kappa shape index (κ3) is 3.48. The first-order valence-electron chi connectivity index (χ1n) is 8.61. The molecule has 0 amide bonds. The lowest BCUT2D eigenvalue weighted by Gasteiger charge is -2.35. The Bertz CT molecular complexity index is 832. The average Bonchev–Trinajstić information content (AvgIpc) is 3.09. The zero-order valence-electron chi connectivity index (χ0n) is 14.0. The van der Waals surface area contributed by atoms with Gasteiger partial charge in [0.2, 0.25) is 5.89 Å². The maximum atomic E-state index is 9.88. The number of fused-ring (bicyclic) bond motifs is 1. The molecule has 25 heavy (non-hydrogen) atoms. The number of aliphatic hydroxyl groups is 1. The normalized spacial score (nSPS) is 17.4. The summed E-state index contributed by atoms with van der Waals surface area (Å²) in [6, 6.07) is 18.4. The number of benzene rings is 2. The van der Waals surface area contributed by atoms with Gasteiger partial charge in [-0.05, 0) is 23.1 Å². The molecule has 4 rings (SSSR count). The van der Waals surface area contributed by atoms with E-state index >= 15 is 0 Å². The molecule has 1 aromatic heterocycles. The molecular weight excluding hydrogens is 314 g/mol. The number of aromatic nitrogens is 2. The van der Waals surface area contributed by atoms with Gasteiger partial charge in [-0.2, -0.15) is 4.98 Å². The molecule has 0 spiro atoms. The van der Waals surface area contributed by atoms with E-state index < -0.39 is 0 Å². The van der Waals surface area contributed by atoms with Crippen molar-refractivity contribution in [2.45, 2.75) is 25.4 Å². The highest BCUT2D eigenvalue weighted by molar-refractivity contribution is 5.32. The van der Waals surface area contributed by atoms with Gasteiger partial charge in [-0.3, -0.25) is 4.90 Å². The second kappa shape index (κ2) is 7.17. The van der Waals surface area contributed by atoms with Crippen LogP contribution in [0.1, 0.15) is 34.4 Å². The quantitative estimate of drug-likeness (QED) is 0.777. The summed E-state index contributed by atoms with van der Waals surface area (Å²) in [6.45, 7) is 1.55. The first kappa shape index (κ1) is 16.0. The average molecular weight is 335 g/mol. The SMILES string of the molecule is OCC1c2ccccc2CCN1Cc1noc(Cc2ccccc2)n1. The minimum Gasteiger partial charge on any atom is -0.394 e. The second-order valence-corrected chi connectivity index (χ2v) is 6.38. The van der Waals surface area contributed by atoms with Gasteiger partial charge in [-0.25, -0.2) is 0 Å². The highest BCUT2D eigenvalue weighted by atomic mass is 16.5. The third-order valence-electron chi connectivity index (χ3n) is 4.75. The van der Waals surface area contributed by atoms with Gasteiger partial charge < -0.3 is 9.63 Å². The van der Waals surface area contributed by atoms with Crippen LogP contribution in [0.25, 0.3) is 0 Å². The van der Waals surface area contributed by atoms with Crippen LogP contribution < -0.4 is 0 Å². The topological polar surface area (TPSA) is 62.4 Å². The lowest BCUT2D eigenvalue weighted by molar-refractivity contribution is 0.105. The Morgan fingerprint density at radius 2 is 1.88 bits per heavy atom. The predicted molar refractivity (Wildman–Crippen MR) is 93.9 cm³/mol. The predicted octanol–water partition coefficient (Wildman–Crippen LogP) is 2.75. The fourth-order valence-corrected chi connectivity index (χ4v) is 3.48. The molecule has 2 heterocycles. The summed E-state index contributed by atoms with van der Waals surface area (Å²) in [5, 5.41) is 14.0. The van der Waals surface area contributed by atoms with Gasteiger partial charge in [0, 0.05) is 6.54 Å². The van der Waals surface area contributed by atoms with Gasteiger partial charge in [-0.15, -0.1) is 0 Å². The van der Waals surface area contributed by atoms with Crippen LogP contribution in [0.4, 0.5) is 0 Å². The van der Waals surface area contributed by atoms with E-state index in [2.05, 4.69) is 33.2 Å². The largest absolute Gasteiger partial charge is 0.394 e. The van der Waals surface area contributed by atoms with Crippen molar-refractivity contribution >= 4 is 0 Å². The first-order chi connectivity index (χ1) is 12.3. The first-order valence-corrected chi connectivity index (χ1v) is 8.61. The summed E-state index contributed by atoms with van der Waals surface area (Å²) in [4.78, 5) is 6.74. The van der Waals surface area contributed by atoms with Gasteiger partial charge in [0.15, 0.2) is 5.82 Å². The molecule has 3 aromatic rings. The van der Waals surface area contributed by atoms with Crippen LogP contribution in [0.3, 0.4) is 0 Å². The van der Waals surface area contributed by atoms with Gasteiger partial charge in [-0.1, -0.05) is 59.8 Å². The summed E-state index contributed by atoms with van der Waals surface area (Å²) in [5.74, 6) is 1.29. The number of nitrogens with zero attached hydrogens (tertiary/aromatic N) is 3. The van der Waals surface area contributed by atoms with E-state index in [4.69, 9.17) is 4.52 Å². The van der Waals surface area contributed by atoms with Crippen LogP contribution in [0.5, 0.6) is 0 Å². The summed E-state index contributed by atoms with van der Waals surface area (Å²) >= 11 is 0. The number of aliphatic hydroxyl groups excluding tert-OH is 1. The van der Waals surface area contributed by atoms with Crippen LogP contribution >= 0.6 is 0 Å². The number of rotatable bonds is 5. The second-order valence-electron chi connectivity index (χ2n) is 6.38. The Morgan fingerprint density at radius 1 is 1.08 bits per heavy atom. The van der Waals surface area contributed by atoms with Crippen molar-refractivity contribution in [3.05, 3.63) is 83.0 Å². The number of hydrogen-bond acceptors (Lipinski definition) is 5. The van der Waals surface area contributed by atoms with E-state index in [9.17, 15) is 5.11 Å². The van der Waals surface area contributed by atoms with Crippen LogP contribution in [0.2, 0.25) is 0 Å². The van der Waals surface area contributed by atoms with Crippen molar-refractivity contribution in [3.8, 4) is 0 Å². The molecule has 1 aliphatic heterocycles. The fraction of sp³-hybridized carbons (Fsp3) is 0.300. The zero-order chi connectivity index (χ0) is 17.1. The highest BCUT2D eigenvalue weighted by Crippen LogP contribution is 2.30. The van der Waals surface area contributed by atoms with Gasteiger partial charge in [0.05, 0.1) is 25.6 Å². The lowest BCUT2D eigenvalue weighted by atomic mass is 9.93. The summed E-state index contributed by atoms with van der Waals surface area (Å²) in [5.41, 5.74) is 3.66. The summed E-state index contributed by atoms with van der Waals surface area (Å²) in [6.07, 6.45) is 1.61. The molecule has 5 nitrogen and oxygen atoms in total. The van der Waals surface area contributed by atoms with Crippen LogP contribution in [0.15, 0.2) is 59.1 Å². The summed E-state index contributed by atoms with van der Waals surface area (Å²) < 4.78 is 5.40. The Hall–Kier alpha value is -2.50. The minimum atomic E-state index is -0.0129. The summed E-state index contributed by atoms with van der Waals surface area (Å²) in [7, 11) is 0. The monoisotopic (exact) mass is 335 g/mol. The number of hydrogen-bond donors (Lipinski definition) is 1. The molecule has 0 saturated carbocycles. The minimum absolute atomic E-state index is 0.0129. The Morgan fingerprint density at radius 3 is 2.72 bits per heavy atom. The molecule has 0 fully saturated rings. The van der Waals surface area contributed by atoms with E-state index in [1.165, 1.54) is 11.1 Å². The van der Waals surface area contributed by atoms with Crippen molar-refractivity contribution in [1.29, 1.82) is 0 Å². The Balaban J connectivity index is 1.47. The molecule has 0 radical (unpaired) electrons. The van der Waals surface area contributed by atoms with Crippen LogP contribution in [-0.2, 0) is 19.4 Å². The van der Waals surface area contributed by atoms with E-state index in [0.717, 1.165) is 18.5 Å². The molecule has 1 aliphatic rings. The zero-order valence-corrected chi connectivity index (χ0v) is 14.0. The highest BCUT2D eigenvalue weighted by Gasteiger charge is 2.27. The van der Waals surface area contributed by atoms with Crippen molar-refractivity contribution in [2.24, 2.45) is 0 Å². The maximum Gasteiger partial charge on any atom is 0.231 e. The molecule has 0 bridgehead atoms. The van der Waals surface area contributed by atoms with E-state index in [1.54, 1.807) is 0 Å². The Labute approximate surface area is 146 Å². The molecule has 1 unspecified atom stereocenters. The molecule has 1 atom stereocenters. The molecular formula is C20H21N3O2. The van der Waals surface area contributed by atoms with Crippen molar-refractivity contribution < 1.29 is 9.63 Å². The molecule has 0 aliphatic carbocycles. The van der Waals surface area contributed by atoms with Crippen molar-refractivity contribution in [1.82, 2.24) is 15.0 Å². The fourth-order valence-electron chi connectivity index (χ4n) is 3.48. The maximum absolute atomic E-state index is 9.88. The molecule has 0 saturated heterocycles. The van der Waals surface area contributed by atoms with Crippen LogP contribution in [0, 0.1) is 0 Å². The van der Waals surface area contributed by atoms with Gasteiger partial charge in [0.1, 0.15) is 0 Å². The van der Waals surface area contributed by atoms with E-state index in [-0.39, 0.29) is 12.6 Å². The van der Waals surface area contributed by atoms with E-state index in [0.29, 0.717) is 24.7 Å². The smallest absolute Gasteiger partial charge is 0.231 e. The lowest BCUT2D eigenvalue weighted by Crippen LogP contribution is -2.37. The van der Waals surface area contributed by atoms with E-state index in [1.807, 2.05) is 36.4 Å². The van der Waals surface area contributed by atoms with Crippen molar-refractivity contribution in [2.75, 3.05) is 13.2 Å². The molecule has 5 heteroatoms. The van der Waals surface area contributed by atoms with Gasteiger partial charge in [0.25, 0.3) is 0 Å². The Kier molecular flexibility index (Phi) is 4.59. The standard InChI is InChI=1S/C20H21N3O2/c24-14-18-17-9-5-4-8-16(17)10-11-23(18)13-19-21-20(25-22-19)12-15-6-2-1-3-7-15/h1-9,18,24H,10-14H2. The van der Waals surface area contributed by atoms with Crippen LogP contribution in [-0.4, -0.2) is 33.3 Å².